The van der Waals surface area contributed by atoms with Crippen LogP contribution in [-0.4, -0.2) is 13.3 Å². The van der Waals surface area contributed by atoms with Crippen LogP contribution in [-0.2, 0) is 6.61 Å². The van der Waals surface area contributed by atoms with Crippen molar-refractivity contribution in [3.63, 3.8) is 0 Å². The Hall–Kier alpha value is -1.71. The summed E-state index contributed by atoms with van der Waals surface area (Å²) in [6.07, 6.45) is 1.72. The molecule has 0 heterocycles. The van der Waals surface area contributed by atoms with Crippen LogP contribution in [0.25, 0.3) is 0 Å². The van der Waals surface area contributed by atoms with Gasteiger partial charge in [0.25, 0.3) is 0 Å². The standard InChI is InChI=1S/C15H14Cl2N2O/c1-18-19-9-11-3-2-4-14(7-11)20-10-12-5-6-13(16)8-15(12)17/h2-9,18H,10H2,1H3/b19-9+. The van der Waals surface area contributed by atoms with Gasteiger partial charge in [0.2, 0.25) is 0 Å². The molecule has 1 N–H and O–H groups in total. The summed E-state index contributed by atoms with van der Waals surface area (Å²) >= 11 is 12.0. The van der Waals surface area contributed by atoms with Gasteiger partial charge in [0, 0.05) is 22.7 Å². The first-order chi connectivity index (χ1) is 9.69. The van der Waals surface area contributed by atoms with Crippen LogP contribution >= 0.6 is 23.2 Å². The van der Waals surface area contributed by atoms with Crippen LogP contribution in [0.15, 0.2) is 47.6 Å². The van der Waals surface area contributed by atoms with E-state index in [9.17, 15) is 0 Å². The normalized spacial score (nSPS) is 10.8. The molecule has 2 aromatic carbocycles. The first-order valence-electron chi connectivity index (χ1n) is 6.05. The number of rotatable bonds is 5. The number of nitrogens with one attached hydrogen (secondary N) is 1. The lowest BCUT2D eigenvalue weighted by Gasteiger charge is -2.08. The van der Waals surface area contributed by atoms with Crippen LogP contribution < -0.4 is 10.2 Å². The highest BCUT2D eigenvalue weighted by Crippen LogP contribution is 2.22. The summed E-state index contributed by atoms with van der Waals surface area (Å²) in [5.41, 5.74) is 4.56. The molecule has 0 atom stereocenters. The molecular weight excluding hydrogens is 295 g/mol. The molecule has 0 fully saturated rings. The Morgan fingerprint density at radius 1 is 1.20 bits per heavy atom. The fourth-order valence-corrected chi connectivity index (χ4v) is 2.09. The second-order valence-corrected chi connectivity index (χ2v) is 4.92. The fraction of sp³-hybridized carbons (Fsp3) is 0.133. The lowest BCUT2D eigenvalue weighted by Crippen LogP contribution is -1.98. The summed E-state index contributed by atoms with van der Waals surface area (Å²) in [6.45, 7) is 0.391. The summed E-state index contributed by atoms with van der Waals surface area (Å²) in [5, 5.41) is 5.18. The molecular formula is C15H14Cl2N2O. The third-order valence-electron chi connectivity index (χ3n) is 2.61. The molecule has 0 aliphatic rings. The van der Waals surface area contributed by atoms with Crippen LogP contribution in [0, 0.1) is 0 Å². The van der Waals surface area contributed by atoms with Crippen LogP contribution in [0.2, 0.25) is 10.0 Å². The van der Waals surface area contributed by atoms with Crippen molar-refractivity contribution in [1.29, 1.82) is 0 Å². The van der Waals surface area contributed by atoms with Crippen molar-refractivity contribution in [2.75, 3.05) is 7.05 Å². The Labute approximate surface area is 128 Å². The maximum absolute atomic E-state index is 6.10. The quantitative estimate of drug-likeness (QED) is 0.665. The molecule has 20 heavy (non-hydrogen) atoms. The predicted molar refractivity (Wildman–Crippen MR) is 83.9 cm³/mol. The molecule has 0 saturated carbocycles. The third kappa shape index (κ3) is 4.15. The molecule has 0 aliphatic carbocycles. The van der Waals surface area contributed by atoms with Gasteiger partial charge < -0.3 is 10.2 Å². The van der Waals surface area contributed by atoms with E-state index >= 15 is 0 Å². The van der Waals surface area contributed by atoms with Crippen LogP contribution in [0.4, 0.5) is 0 Å². The van der Waals surface area contributed by atoms with Crippen LogP contribution in [0.5, 0.6) is 5.75 Å². The van der Waals surface area contributed by atoms with Gasteiger partial charge >= 0.3 is 0 Å². The summed E-state index contributed by atoms with van der Waals surface area (Å²) in [6, 6.07) is 13.0. The largest absolute Gasteiger partial charge is 0.489 e. The highest BCUT2D eigenvalue weighted by atomic mass is 35.5. The van der Waals surface area contributed by atoms with Gasteiger partial charge in [-0.15, -0.1) is 0 Å². The van der Waals surface area contributed by atoms with E-state index in [2.05, 4.69) is 10.5 Å². The monoisotopic (exact) mass is 308 g/mol. The molecule has 0 spiro atoms. The van der Waals surface area contributed by atoms with Gasteiger partial charge in [-0.1, -0.05) is 41.4 Å². The molecule has 0 amide bonds. The molecule has 0 aromatic heterocycles. The first kappa shape index (κ1) is 14.7. The smallest absolute Gasteiger partial charge is 0.120 e. The van der Waals surface area contributed by atoms with Gasteiger partial charge in [-0.05, 0) is 29.8 Å². The van der Waals surface area contributed by atoms with Crippen molar-refractivity contribution in [3.05, 3.63) is 63.6 Å². The Kier molecular flexibility index (Phi) is 5.27. The van der Waals surface area contributed by atoms with E-state index in [4.69, 9.17) is 27.9 Å². The molecule has 0 bridgehead atoms. The Bertz CT molecular complexity index is 615. The zero-order chi connectivity index (χ0) is 14.4. The van der Waals surface area contributed by atoms with Gasteiger partial charge in [-0.25, -0.2) is 0 Å². The van der Waals surface area contributed by atoms with Crippen molar-refractivity contribution in [2.24, 2.45) is 5.10 Å². The predicted octanol–water partition coefficient (Wildman–Crippen LogP) is 4.13. The Balaban J connectivity index is 2.05. The van der Waals surface area contributed by atoms with Gasteiger partial charge in [0.1, 0.15) is 12.4 Å². The van der Waals surface area contributed by atoms with Crippen molar-refractivity contribution in [2.45, 2.75) is 6.61 Å². The van der Waals surface area contributed by atoms with Crippen molar-refractivity contribution >= 4 is 29.4 Å². The summed E-state index contributed by atoms with van der Waals surface area (Å²) in [5.74, 6) is 0.760. The van der Waals surface area contributed by atoms with E-state index in [0.717, 1.165) is 16.9 Å². The SMILES string of the molecule is CN/N=C/c1cccc(OCc2ccc(Cl)cc2Cl)c1. The lowest BCUT2D eigenvalue weighted by molar-refractivity contribution is 0.306. The third-order valence-corrected chi connectivity index (χ3v) is 3.20. The maximum Gasteiger partial charge on any atom is 0.120 e. The summed E-state index contributed by atoms with van der Waals surface area (Å²) in [4.78, 5) is 0. The number of halogens is 2. The minimum Gasteiger partial charge on any atom is -0.489 e. The van der Waals surface area contributed by atoms with E-state index in [1.165, 1.54) is 0 Å². The molecule has 3 nitrogen and oxygen atoms in total. The number of nitrogens with zero attached hydrogens (tertiary/aromatic N) is 1. The number of hydrogen-bond acceptors (Lipinski definition) is 3. The van der Waals surface area contributed by atoms with E-state index < -0.39 is 0 Å². The second-order valence-electron chi connectivity index (χ2n) is 4.08. The molecule has 0 saturated heterocycles. The van der Waals surface area contributed by atoms with Crippen molar-refractivity contribution in [1.82, 2.24) is 5.43 Å². The van der Waals surface area contributed by atoms with Gasteiger partial charge in [0.15, 0.2) is 0 Å². The summed E-state index contributed by atoms with van der Waals surface area (Å²) < 4.78 is 5.72. The fourth-order valence-electron chi connectivity index (χ4n) is 1.62. The van der Waals surface area contributed by atoms with Crippen LogP contribution in [0.3, 0.4) is 0 Å². The number of hydrogen-bond donors (Lipinski definition) is 1. The molecule has 5 heteroatoms. The summed E-state index contributed by atoms with van der Waals surface area (Å²) in [7, 11) is 1.75. The second kappa shape index (κ2) is 7.17. The zero-order valence-corrected chi connectivity index (χ0v) is 12.4. The molecule has 2 rings (SSSR count). The van der Waals surface area contributed by atoms with E-state index in [1.807, 2.05) is 30.3 Å². The average Bonchev–Trinajstić information content (AvgIpc) is 2.45. The molecule has 0 aliphatic heterocycles. The van der Waals surface area contributed by atoms with Crippen LogP contribution in [0.1, 0.15) is 11.1 Å². The van der Waals surface area contributed by atoms with E-state index in [1.54, 1.807) is 25.4 Å². The highest BCUT2D eigenvalue weighted by Gasteiger charge is 2.03. The molecule has 0 radical (unpaired) electrons. The van der Waals surface area contributed by atoms with Gasteiger partial charge in [-0.3, -0.25) is 0 Å². The molecule has 104 valence electrons. The zero-order valence-electron chi connectivity index (χ0n) is 10.9. The minimum atomic E-state index is 0.391. The average molecular weight is 309 g/mol. The first-order valence-corrected chi connectivity index (χ1v) is 6.81. The topological polar surface area (TPSA) is 33.6 Å². The molecule has 0 unspecified atom stereocenters. The van der Waals surface area contributed by atoms with Crippen molar-refractivity contribution < 1.29 is 4.74 Å². The Morgan fingerprint density at radius 2 is 2.05 bits per heavy atom. The highest BCUT2D eigenvalue weighted by molar-refractivity contribution is 6.35. The van der Waals surface area contributed by atoms with Crippen molar-refractivity contribution in [3.8, 4) is 5.75 Å². The Morgan fingerprint density at radius 3 is 2.80 bits per heavy atom. The number of hydrazone groups is 1. The lowest BCUT2D eigenvalue weighted by atomic mass is 10.2. The van der Waals surface area contributed by atoms with Gasteiger partial charge in [-0.2, -0.15) is 5.10 Å². The minimum absolute atomic E-state index is 0.391. The van der Waals surface area contributed by atoms with E-state index in [0.29, 0.717) is 16.7 Å². The van der Waals surface area contributed by atoms with Gasteiger partial charge in [0.05, 0.1) is 6.21 Å². The molecule has 2 aromatic rings. The maximum atomic E-state index is 6.10. The number of ether oxygens (including phenoxy) is 1. The number of benzene rings is 2. The van der Waals surface area contributed by atoms with E-state index in [-0.39, 0.29) is 0 Å².